The number of benzene rings is 3. The third kappa shape index (κ3) is 4.92. The summed E-state index contributed by atoms with van der Waals surface area (Å²) < 4.78 is 13.6. The summed E-state index contributed by atoms with van der Waals surface area (Å²) in [6, 6.07) is 19.3. The van der Waals surface area contributed by atoms with E-state index in [0.717, 1.165) is 0 Å². The zero-order valence-electron chi connectivity index (χ0n) is 14.2. The van der Waals surface area contributed by atoms with Crippen LogP contribution >= 0.6 is 11.6 Å². The van der Waals surface area contributed by atoms with Crippen LogP contribution < -0.4 is 10.6 Å². The van der Waals surface area contributed by atoms with Crippen LogP contribution in [0.25, 0.3) is 0 Å². The van der Waals surface area contributed by atoms with Gasteiger partial charge in [-0.25, -0.2) is 4.39 Å². The van der Waals surface area contributed by atoms with Gasteiger partial charge >= 0.3 is 0 Å². The number of nitrogens with one attached hydrogen (secondary N) is 2. The highest BCUT2D eigenvalue weighted by Crippen LogP contribution is 2.16. The standard InChI is InChI=1S/C21H16ClFN2O2/c22-17-5-3-6-18(12-17)25-21(27)15-10-8-14(9-11-15)20(26)24-13-16-4-1-2-7-19(16)23/h1-12H,13H2,(H,24,26)(H,25,27). The molecule has 2 N–H and O–H groups in total. The van der Waals surface area contributed by atoms with Crippen LogP contribution in [0.3, 0.4) is 0 Å². The molecule has 0 fully saturated rings. The molecule has 0 saturated carbocycles. The highest BCUT2D eigenvalue weighted by atomic mass is 35.5. The van der Waals surface area contributed by atoms with Crippen LogP contribution in [0.15, 0.2) is 72.8 Å². The van der Waals surface area contributed by atoms with E-state index in [1.165, 1.54) is 6.07 Å². The molecular formula is C21H16ClFN2O2. The molecule has 0 aromatic heterocycles. The molecule has 0 aliphatic rings. The minimum atomic E-state index is -0.370. The fourth-order valence-electron chi connectivity index (χ4n) is 2.46. The summed E-state index contributed by atoms with van der Waals surface area (Å²) in [6.45, 7) is 0.0858. The Labute approximate surface area is 161 Å². The molecular weight excluding hydrogens is 367 g/mol. The Kier molecular flexibility index (Phi) is 5.84. The normalized spacial score (nSPS) is 10.3. The van der Waals surface area contributed by atoms with Crippen molar-refractivity contribution >= 4 is 29.1 Å². The lowest BCUT2D eigenvalue weighted by Crippen LogP contribution is -2.23. The molecule has 6 heteroatoms. The summed E-state index contributed by atoms with van der Waals surface area (Å²) in [7, 11) is 0. The van der Waals surface area contributed by atoms with Gasteiger partial charge in [-0.3, -0.25) is 9.59 Å². The van der Waals surface area contributed by atoms with Crippen LogP contribution in [0.4, 0.5) is 10.1 Å². The van der Waals surface area contributed by atoms with Gasteiger partial charge in [0, 0.05) is 33.9 Å². The van der Waals surface area contributed by atoms with Crippen molar-refractivity contribution in [3.8, 4) is 0 Å². The van der Waals surface area contributed by atoms with Gasteiger partial charge in [0.2, 0.25) is 0 Å². The lowest BCUT2D eigenvalue weighted by atomic mass is 10.1. The fraction of sp³-hybridized carbons (Fsp3) is 0.0476. The first kappa shape index (κ1) is 18.6. The lowest BCUT2D eigenvalue weighted by molar-refractivity contribution is 0.0948. The number of halogens is 2. The van der Waals surface area contributed by atoms with Gasteiger partial charge < -0.3 is 10.6 Å². The first-order valence-electron chi connectivity index (χ1n) is 8.21. The van der Waals surface area contributed by atoms with Gasteiger partial charge in [-0.2, -0.15) is 0 Å². The van der Waals surface area contributed by atoms with Gasteiger partial charge in [0.25, 0.3) is 11.8 Å². The number of carbonyl (C=O) groups is 2. The van der Waals surface area contributed by atoms with E-state index in [2.05, 4.69) is 10.6 Å². The predicted octanol–water partition coefficient (Wildman–Crippen LogP) is 4.66. The highest BCUT2D eigenvalue weighted by molar-refractivity contribution is 6.31. The van der Waals surface area contributed by atoms with E-state index >= 15 is 0 Å². The third-order valence-corrected chi connectivity index (χ3v) is 4.12. The Morgan fingerprint density at radius 1 is 0.852 bits per heavy atom. The summed E-state index contributed by atoms with van der Waals surface area (Å²) in [5, 5.41) is 5.91. The maximum Gasteiger partial charge on any atom is 0.255 e. The van der Waals surface area contributed by atoms with E-state index in [4.69, 9.17) is 11.6 Å². The molecule has 27 heavy (non-hydrogen) atoms. The summed E-state index contributed by atoms with van der Waals surface area (Å²) in [6.07, 6.45) is 0. The molecule has 3 aromatic rings. The average Bonchev–Trinajstić information content (AvgIpc) is 2.67. The SMILES string of the molecule is O=C(NCc1ccccc1F)c1ccc(C(=O)Nc2cccc(Cl)c2)cc1. The Bertz CT molecular complexity index is 974. The summed E-state index contributed by atoms with van der Waals surface area (Å²) in [5.41, 5.74) is 1.77. The molecule has 4 nitrogen and oxygen atoms in total. The van der Waals surface area contributed by atoms with E-state index in [9.17, 15) is 14.0 Å². The molecule has 2 amide bonds. The zero-order valence-corrected chi connectivity index (χ0v) is 15.0. The fourth-order valence-corrected chi connectivity index (χ4v) is 2.65. The molecule has 0 aliphatic heterocycles. The molecule has 0 bridgehead atoms. The minimum absolute atomic E-state index is 0.0858. The van der Waals surface area contributed by atoms with Gasteiger partial charge in [-0.15, -0.1) is 0 Å². The van der Waals surface area contributed by atoms with Crippen LogP contribution in [-0.2, 0) is 6.54 Å². The third-order valence-electron chi connectivity index (χ3n) is 3.89. The Morgan fingerprint density at radius 3 is 2.19 bits per heavy atom. The van der Waals surface area contributed by atoms with Crippen LogP contribution in [0.2, 0.25) is 5.02 Å². The smallest absolute Gasteiger partial charge is 0.255 e. The van der Waals surface area contributed by atoms with Gasteiger partial charge in [-0.05, 0) is 48.5 Å². The summed E-state index contributed by atoms with van der Waals surface area (Å²) >= 11 is 5.89. The number of rotatable bonds is 5. The van der Waals surface area contributed by atoms with E-state index in [1.807, 2.05) is 0 Å². The maximum atomic E-state index is 13.6. The van der Waals surface area contributed by atoms with E-state index in [-0.39, 0.29) is 24.2 Å². The van der Waals surface area contributed by atoms with E-state index in [0.29, 0.717) is 27.4 Å². The molecule has 0 unspecified atom stereocenters. The Hall–Kier alpha value is -3.18. The second-order valence-electron chi connectivity index (χ2n) is 5.82. The second-order valence-corrected chi connectivity index (χ2v) is 6.25. The molecule has 136 valence electrons. The predicted molar refractivity (Wildman–Crippen MR) is 103 cm³/mol. The maximum absolute atomic E-state index is 13.6. The number of hydrogen-bond donors (Lipinski definition) is 2. The van der Waals surface area contributed by atoms with Crippen molar-refractivity contribution in [2.45, 2.75) is 6.54 Å². The molecule has 0 atom stereocenters. The molecule has 0 aliphatic carbocycles. The first-order valence-corrected chi connectivity index (χ1v) is 8.59. The molecule has 0 saturated heterocycles. The molecule has 3 rings (SSSR count). The zero-order chi connectivity index (χ0) is 19.2. The summed E-state index contributed by atoms with van der Waals surface area (Å²) in [5.74, 6) is -1.03. The van der Waals surface area contributed by atoms with Crippen molar-refractivity contribution in [2.24, 2.45) is 0 Å². The molecule has 0 spiro atoms. The quantitative estimate of drug-likeness (QED) is 0.674. The van der Waals surface area contributed by atoms with Crippen LogP contribution in [0, 0.1) is 5.82 Å². The minimum Gasteiger partial charge on any atom is -0.348 e. The topological polar surface area (TPSA) is 58.2 Å². The number of amides is 2. The largest absolute Gasteiger partial charge is 0.348 e. The summed E-state index contributed by atoms with van der Waals surface area (Å²) in [4.78, 5) is 24.4. The average molecular weight is 383 g/mol. The van der Waals surface area contributed by atoms with Crippen molar-refractivity contribution in [2.75, 3.05) is 5.32 Å². The Balaban J connectivity index is 1.61. The van der Waals surface area contributed by atoms with Crippen LogP contribution in [0.5, 0.6) is 0 Å². The molecule has 3 aromatic carbocycles. The van der Waals surface area contributed by atoms with Crippen molar-refractivity contribution in [1.29, 1.82) is 0 Å². The van der Waals surface area contributed by atoms with Crippen molar-refractivity contribution in [3.63, 3.8) is 0 Å². The second kappa shape index (κ2) is 8.47. The van der Waals surface area contributed by atoms with Crippen molar-refractivity contribution < 1.29 is 14.0 Å². The number of anilines is 1. The number of carbonyl (C=O) groups excluding carboxylic acids is 2. The van der Waals surface area contributed by atoms with Crippen LogP contribution in [0.1, 0.15) is 26.3 Å². The molecule has 0 radical (unpaired) electrons. The van der Waals surface area contributed by atoms with Gasteiger partial charge in [0.15, 0.2) is 0 Å². The monoisotopic (exact) mass is 382 g/mol. The van der Waals surface area contributed by atoms with E-state index < -0.39 is 0 Å². The van der Waals surface area contributed by atoms with Crippen molar-refractivity contribution in [3.05, 3.63) is 100 Å². The van der Waals surface area contributed by atoms with Gasteiger partial charge in [-0.1, -0.05) is 35.9 Å². The van der Waals surface area contributed by atoms with Gasteiger partial charge in [0.1, 0.15) is 5.82 Å². The van der Waals surface area contributed by atoms with Crippen LogP contribution in [-0.4, -0.2) is 11.8 Å². The van der Waals surface area contributed by atoms with Gasteiger partial charge in [0.05, 0.1) is 0 Å². The number of hydrogen-bond acceptors (Lipinski definition) is 2. The van der Waals surface area contributed by atoms with Crippen molar-refractivity contribution in [1.82, 2.24) is 5.32 Å². The van der Waals surface area contributed by atoms with E-state index in [1.54, 1.807) is 66.7 Å². The lowest BCUT2D eigenvalue weighted by Gasteiger charge is -2.08. The Morgan fingerprint density at radius 2 is 1.52 bits per heavy atom. The first-order chi connectivity index (χ1) is 13.0. The highest BCUT2D eigenvalue weighted by Gasteiger charge is 2.10. The molecule has 0 heterocycles.